The lowest BCUT2D eigenvalue weighted by Crippen LogP contribution is -2.44. The van der Waals surface area contributed by atoms with E-state index >= 15 is 0 Å². The summed E-state index contributed by atoms with van der Waals surface area (Å²) >= 11 is 0. The van der Waals surface area contributed by atoms with Crippen LogP contribution in [0.15, 0.2) is 42.6 Å². The third-order valence-electron chi connectivity index (χ3n) is 5.22. The molecule has 1 unspecified atom stereocenters. The van der Waals surface area contributed by atoms with Crippen LogP contribution in [0.3, 0.4) is 0 Å². The van der Waals surface area contributed by atoms with E-state index < -0.39 is 11.7 Å². The number of methoxy groups -OCH3 is 1. The molecule has 1 aromatic heterocycles. The summed E-state index contributed by atoms with van der Waals surface area (Å²) in [4.78, 5) is 20.7. The lowest BCUT2D eigenvalue weighted by atomic mass is 10.2. The Hall–Kier alpha value is -2.81. The predicted octanol–water partition coefficient (Wildman–Crippen LogP) is 3.65. The lowest BCUT2D eigenvalue weighted by Gasteiger charge is -2.27. The average Bonchev–Trinajstić information content (AvgIpc) is 2.99. The van der Waals surface area contributed by atoms with Crippen LogP contribution >= 0.6 is 0 Å². The molecule has 162 valence electrons. The summed E-state index contributed by atoms with van der Waals surface area (Å²) in [5.74, 6) is 0.963. The van der Waals surface area contributed by atoms with Gasteiger partial charge in [-0.05, 0) is 37.6 Å². The fourth-order valence-corrected chi connectivity index (χ4v) is 3.45. The SMILES string of the molecule is COc1ccccc1NC(=O)C(C)N1CCCN(c2ccc(C(F)(F)F)cn2)CC1. The molecule has 2 heterocycles. The number of nitrogens with zero attached hydrogens (tertiary/aromatic N) is 3. The summed E-state index contributed by atoms with van der Waals surface area (Å²) in [6.07, 6.45) is -2.76. The van der Waals surface area contributed by atoms with E-state index in [0.717, 1.165) is 18.7 Å². The molecule has 1 N–H and O–H groups in total. The molecule has 1 aromatic carbocycles. The Morgan fingerprint density at radius 3 is 2.57 bits per heavy atom. The third-order valence-corrected chi connectivity index (χ3v) is 5.22. The molecule has 9 heteroatoms. The lowest BCUT2D eigenvalue weighted by molar-refractivity contribution is -0.137. The van der Waals surface area contributed by atoms with Gasteiger partial charge in [0.15, 0.2) is 0 Å². The molecular weight excluding hydrogens is 397 g/mol. The number of anilines is 2. The van der Waals surface area contributed by atoms with Gasteiger partial charge in [0, 0.05) is 32.4 Å². The van der Waals surface area contributed by atoms with E-state index in [-0.39, 0.29) is 11.9 Å². The molecule has 0 aliphatic carbocycles. The van der Waals surface area contributed by atoms with Crippen molar-refractivity contribution in [2.75, 3.05) is 43.5 Å². The van der Waals surface area contributed by atoms with Gasteiger partial charge in [-0.1, -0.05) is 12.1 Å². The minimum atomic E-state index is -4.40. The van der Waals surface area contributed by atoms with E-state index in [9.17, 15) is 18.0 Å². The second kappa shape index (κ2) is 9.34. The fraction of sp³-hybridized carbons (Fsp3) is 0.429. The summed E-state index contributed by atoms with van der Waals surface area (Å²) in [7, 11) is 1.55. The second-order valence-electron chi connectivity index (χ2n) is 7.14. The maximum atomic E-state index is 12.7. The Morgan fingerprint density at radius 1 is 1.13 bits per heavy atom. The highest BCUT2D eigenvalue weighted by molar-refractivity contribution is 5.95. The number of carbonyl (C=O) groups excluding carboxylic acids is 1. The van der Waals surface area contributed by atoms with E-state index in [1.165, 1.54) is 6.07 Å². The standard InChI is InChI=1S/C21H25F3N4O2/c1-15(20(29)26-17-6-3-4-7-18(17)30-2)27-10-5-11-28(13-12-27)19-9-8-16(14-25-19)21(22,23)24/h3-4,6-9,14-15H,5,10-13H2,1-2H3,(H,26,29). The summed E-state index contributed by atoms with van der Waals surface area (Å²) in [6, 6.07) is 9.30. The van der Waals surface area contributed by atoms with E-state index in [0.29, 0.717) is 43.4 Å². The Bertz CT molecular complexity index is 858. The number of aromatic nitrogens is 1. The Morgan fingerprint density at radius 2 is 1.90 bits per heavy atom. The summed E-state index contributed by atoms with van der Waals surface area (Å²) in [5, 5.41) is 2.90. The Kier molecular flexibility index (Phi) is 6.81. The number of benzene rings is 1. The van der Waals surface area contributed by atoms with Gasteiger partial charge < -0.3 is 15.0 Å². The van der Waals surface area contributed by atoms with Crippen LogP contribution in [0.1, 0.15) is 18.9 Å². The first-order chi connectivity index (χ1) is 14.3. The van der Waals surface area contributed by atoms with Crippen LogP contribution in [0, 0.1) is 0 Å². The Balaban J connectivity index is 1.61. The maximum Gasteiger partial charge on any atom is 0.417 e. The number of ether oxygens (including phenoxy) is 1. The topological polar surface area (TPSA) is 57.7 Å². The van der Waals surface area contributed by atoms with Crippen LogP contribution in [0.4, 0.5) is 24.7 Å². The Labute approximate surface area is 173 Å². The van der Waals surface area contributed by atoms with E-state index in [2.05, 4.69) is 15.2 Å². The molecule has 0 saturated carbocycles. The van der Waals surface area contributed by atoms with Gasteiger partial charge in [-0.2, -0.15) is 13.2 Å². The number of halogens is 3. The van der Waals surface area contributed by atoms with Crippen molar-refractivity contribution in [1.29, 1.82) is 0 Å². The number of alkyl halides is 3. The fourth-order valence-electron chi connectivity index (χ4n) is 3.45. The normalized spacial score (nSPS) is 16.6. The van der Waals surface area contributed by atoms with Crippen LogP contribution in [0.2, 0.25) is 0 Å². The van der Waals surface area contributed by atoms with Crippen LogP contribution in [0.25, 0.3) is 0 Å². The zero-order chi connectivity index (χ0) is 21.7. The number of hydrogen-bond donors (Lipinski definition) is 1. The first-order valence-electron chi connectivity index (χ1n) is 9.75. The monoisotopic (exact) mass is 422 g/mol. The molecule has 1 aliphatic rings. The molecule has 1 atom stereocenters. The molecule has 1 saturated heterocycles. The third kappa shape index (κ3) is 5.21. The first kappa shape index (κ1) is 21.9. The van der Waals surface area contributed by atoms with Gasteiger partial charge >= 0.3 is 6.18 Å². The highest BCUT2D eigenvalue weighted by Gasteiger charge is 2.31. The van der Waals surface area contributed by atoms with Crippen LogP contribution in [-0.4, -0.2) is 55.1 Å². The number of rotatable bonds is 5. The van der Waals surface area contributed by atoms with Gasteiger partial charge in [0.1, 0.15) is 11.6 Å². The number of nitrogens with one attached hydrogen (secondary N) is 1. The summed E-state index contributed by atoms with van der Waals surface area (Å²) in [5.41, 5.74) is -0.147. The van der Waals surface area contributed by atoms with Crippen LogP contribution in [-0.2, 0) is 11.0 Å². The number of hydrogen-bond acceptors (Lipinski definition) is 5. The molecule has 6 nitrogen and oxygen atoms in total. The number of amides is 1. The number of pyridine rings is 1. The predicted molar refractivity (Wildman–Crippen MR) is 109 cm³/mol. The molecule has 3 rings (SSSR count). The van der Waals surface area contributed by atoms with Crippen molar-refractivity contribution in [3.8, 4) is 5.75 Å². The number of para-hydroxylation sites is 2. The summed E-state index contributed by atoms with van der Waals surface area (Å²) in [6.45, 7) is 4.39. The van der Waals surface area contributed by atoms with E-state index in [4.69, 9.17) is 4.74 Å². The molecule has 30 heavy (non-hydrogen) atoms. The molecular formula is C21H25F3N4O2. The molecule has 0 radical (unpaired) electrons. The average molecular weight is 422 g/mol. The van der Waals surface area contributed by atoms with Gasteiger partial charge in [0.2, 0.25) is 5.91 Å². The van der Waals surface area contributed by atoms with Gasteiger partial charge in [0.05, 0.1) is 24.4 Å². The van der Waals surface area contributed by atoms with Gasteiger partial charge in [-0.15, -0.1) is 0 Å². The van der Waals surface area contributed by atoms with Gasteiger partial charge in [-0.25, -0.2) is 4.98 Å². The molecule has 1 fully saturated rings. The minimum Gasteiger partial charge on any atom is -0.495 e. The van der Waals surface area contributed by atoms with Crippen molar-refractivity contribution < 1.29 is 22.7 Å². The minimum absolute atomic E-state index is 0.138. The smallest absolute Gasteiger partial charge is 0.417 e. The highest BCUT2D eigenvalue weighted by atomic mass is 19.4. The quantitative estimate of drug-likeness (QED) is 0.797. The molecule has 0 bridgehead atoms. The van der Waals surface area contributed by atoms with E-state index in [1.807, 2.05) is 24.0 Å². The zero-order valence-corrected chi connectivity index (χ0v) is 16.9. The zero-order valence-electron chi connectivity index (χ0n) is 16.9. The van der Waals surface area contributed by atoms with Crippen molar-refractivity contribution in [2.24, 2.45) is 0 Å². The first-order valence-corrected chi connectivity index (χ1v) is 9.75. The van der Waals surface area contributed by atoms with Gasteiger partial charge in [0.25, 0.3) is 0 Å². The van der Waals surface area contributed by atoms with Crippen molar-refractivity contribution in [3.05, 3.63) is 48.2 Å². The molecule has 1 amide bonds. The largest absolute Gasteiger partial charge is 0.495 e. The highest BCUT2D eigenvalue weighted by Crippen LogP contribution is 2.29. The van der Waals surface area contributed by atoms with Crippen LogP contribution < -0.4 is 15.0 Å². The van der Waals surface area contributed by atoms with Crippen molar-refractivity contribution in [1.82, 2.24) is 9.88 Å². The molecule has 1 aliphatic heterocycles. The van der Waals surface area contributed by atoms with E-state index in [1.54, 1.807) is 19.2 Å². The maximum absolute atomic E-state index is 12.7. The summed E-state index contributed by atoms with van der Waals surface area (Å²) < 4.78 is 43.5. The second-order valence-corrected chi connectivity index (χ2v) is 7.14. The molecule has 0 spiro atoms. The van der Waals surface area contributed by atoms with Gasteiger partial charge in [-0.3, -0.25) is 9.69 Å². The van der Waals surface area contributed by atoms with Crippen molar-refractivity contribution in [3.63, 3.8) is 0 Å². The van der Waals surface area contributed by atoms with Crippen molar-refractivity contribution in [2.45, 2.75) is 25.6 Å². The van der Waals surface area contributed by atoms with Crippen molar-refractivity contribution >= 4 is 17.4 Å². The number of carbonyl (C=O) groups is 1. The molecule has 2 aromatic rings. The van der Waals surface area contributed by atoms with Crippen LogP contribution in [0.5, 0.6) is 5.75 Å².